The van der Waals surface area contributed by atoms with Crippen LogP contribution in [0.1, 0.15) is 47.0 Å². The number of rotatable bonds is 4. The maximum atomic E-state index is 11.6. The molecule has 0 aromatic carbocycles. The molecule has 19 heavy (non-hydrogen) atoms. The van der Waals surface area contributed by atoms with Crippen molar-refractivity contribution >= 4 is 5.78 Å². The number of ketones is 1. The lowest BCUT2D eigenvalue weighted by Gasteiger charge is -2.05. The summed E-state index contributed by atoms with van der Waals surface area (Å²) in [6, 6.07) is 2.09. The number of aryl methyl sites for hydroxylation is 3. The molecule has 0 N–H and O–H groups in total. The van der Waals surface area contributed by atoms with Crippen LogP contribution in [0.3, 0.4) is 0 Å². The summed E-state index contributed by atoms with van der Waals surface area (Å²) in [5.41, 5.74) is 4.62. The van der Waals surface area contributed by atoms with E-state index in [1.165, 1.54) is 0 Å². The number of hydrogen-bond acceptors (Lipinski definition) is 3. The Hall–Kier alpha value is -1.91. The van der Waals surface area contributed by atoms with E-state index in [4.69, 9.17) is 0 Å². The number of carbonyl (C=O) groups excluding carboxylic acids is 1. The average molecular weight is 260 g/mol. The SMILES string of the molecule is CCc1cc(Cn2nc(C)c(C(C)=O)c2C)n(C)n1. The van der Waals surface area contributed by atoms with Gasteiger partial charge in [-0.25, -0.2) is 0 Å². The van der Waals surface area contributed by atoms with Crippen molar-refractivity contribution in [3.05, 3.63) is 34.4 Å². The lowest BCUT2D eigenvalue weighted by molar-refractivity contribution is 0.101. The second kappa shape index (κ2) is 4.99. The molecule has 2 rings (SSSR count). The van der Waals surface area contributed by atoms with Crippen molar-refractivity contribution in [2.75, 3.05) is 0 Å². The molecule has 2 aromatic heterocycles. The largest absolute Gasteiger partial charge is 0.294 e. The van der Waals surface area contributed by atoms with Gasteiger partial charge in [-0.1, -0.05) is 6.92 Å². The quantitative estimate of drug-likeness (QED) is 0.791. The molecule has 0 saturated heterocycles. The first-order valence-electron chi connectivity index (χ1n) is 6.50. The van der Waals surface area contributed by atoms with Gasteiger partial charge < -0.3 is 0 Å². The maximum absolute atomic E-state index is 11.6. The lowest BCUT2D eigenvalue weighted by atomic mass is 10.1. The van der Waals surface area contributed by atoms with Gasteiger partial charge in [-0.3, -0.25) is 14.2 Å². The van der Waals surface area contributed by atoms with Crippen LogP contribution < -0.4 is 0 Å². The molecule has 0 spiro atoms. The number of hydrogen-bond donors (Lipinski definition) is 0. The highest BCUT2D eigenvalue weighted by atomic mass is 16.1. The van der Waals surface area contributed by atoms with Crippen LogP contribution >= 0.6 is 0 Å². The zero-order valence-corrected chi connectivity index (χ0v) is 12.2. The van der Waals surface area contributed by atoms with E-state index < -0.39 is 0 Å². The van der Waals surface area contributed by atoms with Crippen molar-refractivity contribution in [3.63, 3.8) is 0 Å². The molecule has 0 aliphatic carbocycles. The van der Waals surface area contributed by atoms with Crippen molar-refractivity contribution in [1.82, 2.24) is 19.6 Å². The molecule has 0 fully saturated rings. The van der Waals surface area contributed by atoms with Crippen molar-refractivity contribution in [3.8, 4) is 0 Å². The Kier molecular flexibility index (Phi) is 3.55. The summed E-state index contributed by atoms with van der Waals surface area (Å²) < 4.78 is 3.76. The van der Waals surface area contributed by atoms with E-state index in [0.717, 1.165) is 34.8 Å². The fraction of sp³-hybridized carbons (Fsp3) is 0.500. The summed E-state index contributed by atoms with van der Waals surface area (Å²) in [7, 11) is 1.94. The van der Waals surface area contributed by atoms with Crippen LogP contribution in [0, 0.1) is 13.8 Å². The number of aromatic nitrogens is 4. The van der Waals surface area contributed by atoms with Gasteiger partial charge in [0.05, 0.1) is 29.2 Å². The third-order valence-corrected chi connectivity index (χ3v) is 3.43. The Morgan fingerprint density at radius 2 is 2.00 bits per heavy atom. The van der Waals surface area contributed by atoms with Gasteiger partial charge in [0.15, 0.2) is 5.78 Å². The summed E-state index contributed by atoms with van der Waals surface area (Å²) in [5.74, 6) is 0.0699. The van der Waals surface area contributed by atoms with Crippen molar-refractivity contribution in [2.24, 2.45) is 7.05 Å². The van der Waals surface area contributed by atoms with E-state index in [-0.39, 0.29) is 5.78 Å². The molecule has 5 nitrogen and oxygen atoms in total. The standard InChI is InChI=1S/C14H20N4O/c1-6-12-7-13(17(5)16-12)8-18-10(3)14(11(4)19)9(2)15-18/h7H,6,8H2,1-5H3. The summed E-state index contributed by atoms with van der Waals surface area (Å²) in [6.07, 6.45) is 0.920. The number of Topliss-reactive ketones (excluding diaryl/α,β-unsaturated/α-hetero) is 1. The number of carbonyl (C=O) groups is 1. The molecule has 0 radical (unpaired) electrons. The van der Waals surface area contributed by atoms with Crippen LogP contribution in [0.5, 0.6) is 0 Å². The van der Waals surface area contributed by atoms with Crippen molar-refractivity contribution in [2.45, 2.75) is 40.7 Å². The molecular formula is C14H20N4O. The normalized spacial score (nSPS) is 11.0. The van der Waals surface area contributed by atoms with Crippen LogP contribution in [0.4, 0.5) is 0 Å². The molecule has 0 amide bonds. The fourth-order valence-electron chi connectivity index (χ4n) is 2.41. The van der Waals surface area contributed by atoms with Gasteiger partial charge in [-0.05, 0) is 33.3 Å². The molecule has 0 unspecified atom stereocenters. The zero-order valence-electron chi connectivity index (χ0n) is 12.2. The van der Waals surface area contributed by atoms with Crippen LogP contribution in [0.15, 0.2) is 6.07 Å². The topological polar surface area (TPSA) is 52.7 Å². The van der Waals surface area contributed by atoms with Gasteiger partial charge in [0.2, 0.25) is 0 Å². The fourth-order valence-corrected chi connectivity index (χ4v) is 2.41. The Morgan fingerprint density at radius 3 is 2.47 bits per heavy atom. The zero-order chi connectivity index (χ0) is 14.2. The minimum absolute atomic E-state index is 0.0699. The molecule has 0 aliphatic heterocycles. The van der Waals surface area contributed by atoms with E-state index in [2.05, 4.69) is 23.2 Å². The molecular weight excluding hydrogens is 240 g/mol. The predicted molar refractivity (Wildman–Crippen MR) is 73.4 cm³/mol. The smallest absolute Gasteiger partial charge is 0.163 e. The van der Waals surface area contributed by atoms with E-state index >= 15 is 0 Å². The molecule has 102 valence electrons. The van der Waals surface area contributed by atoms with E-state index in [9.17, 15) is 4.79 Å². The monoisotopic (exact) mass is 260 g/mol. The Morgan fingerprint density at radius 1 is 1.32 bits per heavy atom. The summed E-state index contributed by atoms with van der Waals surface area (Å²) in [6.45, 7) is 8.13. The van der Waals surface area contributed by atoms with Crippen molar-refractivity contribution in [1.29, 1.82) is 0 Å². The molecule has 0 atom stereocenters. The van der Waals surface area contributed by atoms with Gasteiger partial charge in [-0.2, -0.15) is 10.2 Å². The van der Waals surface area contributed by atoms with E-state index in [0.29, 0.717) is 6.54 Å². The third kappa shape index (κ3) is 2.45. The van der Waals surface area contributed by atoms with E-state index in [1.54, 1.807) is 6.92 Å². The van der Waals surface area contributed by atoms with Crippen LogP contribution in [0.2, 0.25) is 0 Å². The minimum atomic E-state index is 0.0699. The lowest BCUT2D eigenvalue weighted by Crippen LogP contribution is -2.09. The molecule has 2 aromatic rings. The van der Waals surface area contributed by atoms with Crippen LogP contribution in [-0.4, -0.2) is 25.3 Å². The summed E-state index contributed by atoms with van der Waals surface area (Å²) >= 11 is 0. The van der Waals surface area contributed by atoms with Gasteiger partial charge in [0.1, 0.15) is 0 Å². The van der Waals surface area contributed by atoms with Gasteiger partial charge >= 0.3 is 0 Å². The van der Waals surface area contributed by atoms with Crippen LogP contribution in [0.25, 0.3) is 0 Å². The predicted octanol–water partition coefficient (Wildman–Crippen LogP) is 2.05. The minimum Gasteiger partial charge on any atom is -0.294 e. The van der Waals surface area contributed by atoms with Crippen LogP contribution in [-0.2, 0) is 20.0 Å². The Balaban J connectivity index is 2.36. The number of nitrogens with zero attached hydrogens (tertiary/aromatic N) is 4. The molecule has 0 bridgehead atoms. The summed E-state index contributed by atoms with van der Waals surface area (Å²) in [4.78, 5) is 11.6. The first-order chi connectivity index (χ1) is 8.93. The average Bonchev–Trinajstić information content (AvgIpc) is 2.81. The summed E-state index contributed by atoms with van der Waals surface area (Å²) in [5, 5.41) is 8.89. The molecule has 0 saturated carbocycles. The molecule has 0 aliphatic rings. The van der Waals surface area contributed by atoms with Gasteiger partial charge in [0.25, 0.3) is 0 Å². The Labute approximate surface area is 113 Å². The third-order valence-electron chi connectivity index (χ3n) is 3.43. The van der Waals surface area contributed by atoms with Crippen molar-refractivity contribution < 1.29 is 4.79 Å². The highest BCUT2D eigenvalue weighted by Gasteiger charge is 2.16. The second-order valence-electron chi connectivity index (χ2n) is 4.86. The highest BCUT2D eigenvalue weighted by molar-refractivity contribution is 5.96. The molecule has 5 heteroatoms. The maximum Gasteiger partial charge on any atom is 0.163 e. The van der Waals surface area contributed by atoms with Gasteiger partial charge in [-0.15, -0.1) is 0 Å². The Bertz CT molecular complexity index is 622. The first kappa shape index (κ1) is 13.5. The van der Waals surface area contributed by atoms with Gasteiger partial charge in [0, 0.05) is 12.7 Å². The second-order valence-corrected chi connectivity index (χ2v) is 4.86. The first-order valence-corrected chi connectivity index (χ1v) is 6.50. The van der Waals surface area contributed by atoms with E-state index in [1.807, 2.05) is 30.3 Å². The highest BCUT2D eigenvalue weighted by Crippen LogP contribution is 2.15. The molecule has 2 heterocycles.